The van der Waals surface area contributed by atoms with E-state index < -0.39 is 0 Å². The van der Waals surface area contributed by atoms with Crippen LogP contribution in [0.15, 0.2) is 79.0 Å². The van der Waals surface area contributed by atoms with Crippen molar-refractivity contribution in [3.63, 3.8) is 0 Å². The standard InChI is InChI=1S/C27H26N4O/c1-19-13-16-31(17-14-19)21-11-9-20(10-12-21)29-27(32)23-18-26(25-8-4-5-15-28-25)30-24-7-3-2-6-22(23)24/h2-12,15,18-19H,13-14,16-17H2,1H3,(H,29,32). The summed E-state index contributed by atoms with van der Waals surface area (Å²) < 4.78 is 0. The molecule has 0 unspecified atom stereocenters. The first-order valence-corrected chi connectivity index (χ1v) is 11.1. The molecule has 1 N–H and O–H groups in total. The Morgan fingerprint density at radius 1 is 0.938 bits per heavy atom. The van der Waals surface area contributed by atoms with E-state index in [0.29, 0.717) is 11.3 Å². The van der Waals surface area contributed by atoms with Crippen molar-refractivity contribution >= 4 is 28.2 Å². The first-order chi connectivity index (χ1) is 15.7. The van der Waals surface area contributed by atoms with Gasteiger partial charge in [-0.15, -0.1) is 0 Å². The highest BCUT2D eigenvalue weighted by Crippen LogP contribution is 2.26. The molecule has 0 aliphatic carbocycles. The highest BCUT2D eigenvalue weighted by atomic mass is 16.1. The molecule has 32 heavy (non-hydrogen) atoms. The van der Waals surface area contributed by atoms with Gasteiger partial charge in [0.1, 0.15) is 0 Å². The lowest BCUT2D eigenvalue weighted by atomic mass is 9.99. The number of hydrogen-bond acceptors (Lipinski definition) is 4. The summed E-state index contributed by atoms with van der Waals surface area (Å²) in [5.41, 5.74) is 4.78. The molecule has 3 heterocycles. The molecule has 0 radical (unpaired) electrons. The Hall–Kier alpha value is -3.73. The number of pyridine rings is 2. The summed E-state index contributed by atoms with van der Waals surface area (Å²) >= 11 is 0. The van der Waals surface area contributed by atoms with Gasteiger partial charge in [-0.05, 0) is 67.3 Å². The van der Waals surface area contributed by atoms with Gasteiger partial charge < -0.3 is 10.2 Å². The van der Waals surface area contributed by atoms with Crippen LogP contribution in [0.1, 0.15) is 30.1 Å². The number of para-hydroxylation sites is 1. The Morgan fingerprint density at radius 2 is 1.69 bits per heavy atom. The van der Waals surface area contributed by atoms with Gasteiger partial charge in [-0.25, -0.2) is 4.98 Å². The molecule has 2 aromatic heterocycles. The predicted molar refractivity (Wildman–Crippen MR) is 130 cm³/mol. The van der Waals surface area contributed by atoms with Gasteiger partial charge in [0.2, 0.25) is 0 Å². The Balaban J connectivity index is 1.41. The van der Waals surface area contributed by atoms with Gasteiger partial charge in [0.15, 0.2) is 0 Å². The summed E-state index contributed by atoms with van der Waals surface area (Å²) in [6.45, 7) is 4.50. The summed E-state index contributed by atoms with van der Waals surface area (Å²) in [4.78, 5) is 24.8. The zero-order valence-electron chi connectivity index (χ0n) is 18.2. The number of aromatic nitrogens is 2. The van der Waals surface area contributed by atoms with Crippen molar-refractivity contribution in [1.29, 1.82) is 0 Å². The second-order valence-electron chi connectivity index (χ2n) is 8.46. The first kappa shape index (κ1) is 20.2. The minimum atomic E-state index is -0.152. The Bertz CT molecular complexity index is 1230. The molecule has 1 saturated heterocycles. The van der Waals surface area contributed by atoms with Crippen molar-refractivity contribution in [3.8, 4) is 11.4 Å². The van der Waals surface area contributed by atoms with E-state index >= 15 is 0 Å². The van der Waals surface area contributed by atoms with E-state index in [1.165, 1.54) is 18.5 Å². The minimum absolute atomic E-state index is 0.152. The molecule has 160 valence electrons. The molecule has 2 aromatic carbocycles. The molecule has 0 atom stereocenters. The highest BCUT2D eigenvalue weighted by Gasteiger charge is 2.17. The summed E-state index contributed by atoms with van der Waals surface area (Å²) in [6, 6.07) is 23.4. The van der Waals surface area contributed by atoms with Gasteiger partial charge in [0.05, 0.1) is 22.5 Å². The molecule has 0 saturated carbocycles. The smallest absolute Gasteiger partial charge is 0.256 e. The number of fused-ring (bicyclic) bond motifs is 1. The van der Waals surface area contributed by atoms with Crippen LogP contribution in [0.2, 0.25) is 0 Å². The highest BCUT2D eigenvalue weighted by molar-refractivity contribution is 6.13. The molecular formula is C27H26N4O. The third-order valence-corrected chi connectivity index (χ3v) is 6.16. The fourth-order valence-corrected chi connectivity index (χ4v) is 4.23. The van der Waals surface area contributed by atoms with Crippen LogP contribution in [0.4, 0.5) is 11.4 Å². The Morgan fingerprint density at radius 3 is 2.44 bits per heavy atom. The zero-order valence-corrected chi connectivity index (χ0v) is 18.2. The van der Waals surface area contributed by atoms with Crippen LogP contribution in [0.25, 0.3) is 22.3 Å². The number of carbonyl (C=O) groups excluding carboxylic acids is 1. The fourth-order valence-electron chi connectivity index (χ4n) is 4.23. The number of rotatable bonds is 4. The number of nitrogens with zero attached hydrogens (tertiary/aromatic N) is 3. The number of nitrogens with one attached hydrogen (secondary N) is 1. The van der Waals surface area contributed by atoms with Crippen molar-refractivity contribution in [3.05, 3.63) is 84.6 Å². The van der Waals surface area contributed by atoms with E-state index in [1.807, 2.05) is 60.7 Å². The normalized spacial score (nSPS) is 14.5. The minimum Gasteiger partial charge on any atom is -0.372 e. The molecule has 0 spiro atoms. The van der Waals surface area contributed by atoms with E-state index in [0.717, 1.165) is 41.3 Å². The lowest BCUT2D eigenvalue weighted by Crippen LogP contribution is -2.32. The van der Waals surface area contributed by atoms with Gasteiger partial charge >= 0.3 is 0 Å². The lowest BCUT2D eigenvalue weighted by molar-refractivity contribution is 0.102. The average molecular weight is 423 g/mol. The van der Waals surface area contributed by atoms with Gasteiger partial charge in [-0.3, -0.25) is 9.78 Å². The van der Waals surface area contributed by atoms with E-state index in [9.17, 15) is 4.79 Å². The third kappa shape index (κ3) is 4.19. The van der Waals surface area contributed by atoms with Crippen LogP contribution in [-0.4, -0.2) is 29.0 Å². The van der Waals surface area contributed by atoms with Crippen molar-refractivity contribution in [2.75, 3.05) is 23.3 Å². The molecule has 1 aliphatic rings. The van der Waals surface area contributed by atoms with E-state index in [1.54, 1.807) is 6.20 Å². The maximum absolute atomic E-state index is 13.3. The van der Waals surface area contributed by atoms with Crippen LogP contribution in [0.5, 0.6) is 0 Å². The molecule has 5 rings (SSSR count). The number of amides is 1. The number of benzene rings is 2. The maximum Gasteiger partial charge on any atom is 0.256 e. The van der Waals surface area contributed by atoms with E-state index in [-0.39, 0.29) is 5.91 Å². The molecule has 1 aliphatic heterocycles. The predicted octanol–water partition coefficient (Wildman–Crippen LogP) is 5.79. The zero-order chi connectivity index (χ0) is 21.9. The van der Waals surface area contributed by atoms with Gasteiger partial charge in [-0.2, -0.15) is 0 Å². The maximum atomic E-state index is 13.3. The summed E-state index contributed by atoms with van der Waals surface area (Å²) in [6.07, 6.45) is 4.19. The third-order valence-electron chi connectivity index (χ3n) is 6.16. The first-order valence-electron chi connectivity index (χ1n) is 11.1. The van der Waals surface area contributed by atoms with Crippen molar-refractivity contribution in [1.82, 2.24) is 9.97 Å². The molecule has 4 aromatic rings. The summed E-state index contributed by atoms with van der Waals surface area (Å²) in [5.74, 6) is 0.649. The number of hydrogen-bond donors (Lipinski definition) is 1. The largest absolute Gasteiger partial charge is 0.372 e. The summed E-state index contributed by atoms with van der Waals surface area (Å²) in [7, 11) is 0. The number of piperidine rings is 1. The second kappa shape index (κ2) is 8.79. The molecule has 1 amide bonds. The average Bonchev–Trinajstić information content (AvgIpc) is 2.85. The Labute approximate surface area is 188 Å². The summed E-state index contributed by atoms with van der Waals surface area (Å²) in [5, 5.41) is 3.88. The Kier molecular flexibility index (Phi) is 5.55. The van der Waals surface area contributed by atoms with Crippen LogP contribution in [-0.2, 0) is 0 Å². The lowest BCUT2D eigenvalue weighted by Gasteiger charge is -2.32. The SMILES string of the molecule is CC1CCN(c2ccc(NC(=O)c3cc(-c4ccccn4)nc4ccccc34)cc2)CC1. The van der Waals surface area contributed by atoms with Crippen LogP contribution in [0, 0.1) is 5.92 Å². The fraction of sp³-hybridized carbons (Fsp3) is 0.222. The molecule has 1 fully saturated rings. The number of anilines is 2. The monoisotopic (exact) mass is 422 g/mol. The van der Waals surface area contributed by atoms with Crippen LogP contribution < -0.4 is 10.2 Å². The van der Waals surface area contributed by atoms with Gasteiger partial charge in [0, 0.05) is 36.0 Å². The van der Waals surface area contributed by atoms with Crippen LogP contribution in [0.3, 0.4) is 0 Å². The van der Waals surface area contributed by atoms with Gasteiger partial charge in [0.25, 0.3) is 5.91 Å². The molecular weight excluding hydrogens is 396 g/mol. The van der Waals surface area contributed by atoms with Crippen molar-refractivity contribution in [2.45, 2.75) is 19.8 Å². The topological polar surface area (TPSA) is 58.1 Å². The second-order valence-corrected chi connectivity index (χ2v) is 8.46. The van der Waals surface area contributed by atoms with E-state index in [4.69, 9.17) is 4.98 Å². The molecule has 5 nitrogen and oxygen atoms in total. The molecule has 5 heteroatoms. The van der Waals surface area contributed by atoms with Crippen molar-refractivity contribution < 1.29 is 4.79 Å². The van der Waals surface area contributed by atoms with Gasteiger partial charge in [-0.1, -0.05) is 31.2 Å². The number of carbonyl (C=O) groups is 1. The molecule has 0 bridgehead atoms. The van der Waals surface area contributed by atoms with Crippen LogP contribution >= 0.6 is 0 Å². The van der Waals surface area contributed by atoms with E-state index in [2.05, 4.69) is 34.3 Å². The van der Waals surface area contributed by atoms with Crippen molar-refractivity contribution in [2.24, 2.45) is 5.92 Å². The quantitative estimate of drug-likeness (QED) is 0.453.